The number of anilines is 1. The number of nitrogens with one attached hydrogen (secondary N) is 2. The van der Waals surface area contributed by atoms with Crippen LogP contribution in [-0.4, -0.2) is 18.4 Å². The highest BCUT2D eigenvalue weighted by Crippen LogP contribution is 2.20. The second-order valence-electron chi connectivity index (χ2n) is 5.52. The molecule has 2 amide bonds. The predicted octanol–water partition coefficient (Wildman–Crippen LogP) is 4.35. The van der Waals surface area contributed by atoms with Crippen molar-refractivity contribution in [2.24, 2.45) is 0 Å². The number of hydrogen-bond donors (Lipinski definition) is 2. The van der Waals surface area contributed by atoms with Crippen molar-refractivity contribution < 1.29 is 14.0 Å². The summed E-state index contributed by atoms with van der Waals surface area (Å²) in [5, 5.41) is 5.25. The molecule has 2 N–H and O–H groups in total. The summed E-state index contributed by atoms with van der Waals surface area (Å²) in [7, 11) is 0. The summed E-state index contributed by atoms with van der Waals surface area (Å²) in [5.41, 5.74) is 2.13. The molecule has 0 aliphatic rings. The van der Waals surface area contributed by atoms with Crippen LogP contribution in [0.2, 0.25) is 0 Å². The van der Waals surface area contributed by atoms with Crippen LogP contribution in [0.4, 0.5) is 10.1 Å². The largest absolute Gasteiger partial charge is 0.347 e. The third-order valence-corrected chi connectivity index (χ3v) is 4.91. The third kappa shape index (κ3) is 6.25. The van der Waals surface area contributed by atoms with Crippen LogP contribution in [0.3, 0.4) is 0 Å². The smallest absolute Gasteiger partial charge is 0.243 e. The van der Waals surface area contributed by atoms with Gasteiger partial charge in [-0.3, -0.25) is 9.59 Å². The molecule has 0 atom stereocenters. The molecular formula is C18H17Br2FN2O2. The van der Waals surface area contributed by atoms with Crippen molar-refractivity contribution in [3.63, 3.8) is 0 Å². The zero-order valence-electron chi connectivity index (χ0n) is 13.5. The van der Waals surface area contributed by atoms with Gasteiger partial charge in [0.2, 0.25) is 11.8 Å². The average molecular weight is 472 g/mol. The molecule has 0 unspecified atom stereocenters. The van der Waals surface area contributed by atoms with Gasteiger partial charge in [-0.2, -0.15) is 0 Å². The quantitative estimate of drug-likeness (QED) is 0.658. The van der Waals surface area contributed by atoms with Gasteiger partial charge in [-0.1, -0.05) is 37.9 Å². The lowest BCUT2D eigenvalue weighted by molar-refractivity contribution is -0.124. The van der Waals surface area contributed by atoms with Crippen LogP contribution in [-0.2, 0) is 16.0 Å². The van der Waals surface area contributed by atoms with Crippen molar-refractivity contribution in [3.05, 3.63) is 62.3 Å². The molecule has 0 radical (unpaired) electrons. The lowest BCUT2D eigenvalue weighted by Crippen LogP contribution is -2.33. The number of rotatable bonds is 6. The Kier molecular flexibility index (Phi) is 7.13. The monoisotopic (exact) mass is 470 g/mol. The van der Waals surface area contributed by atoms with E-state index >= 15 is 0 Å². The molecule has 0 saturated carbocycles. The second kappa shape index (κ2) is 9.10. The fourth-order valence-electron chi connectivity index (χ4n) is 2.17. The summed E-state index contributed by atoms with van der Waals surface area (Å²) in [6.07, 6.45) is 0.391. The lowest BCUT2D eigenvalue weighted by Gasteiger charge is -2.09. The molecule has 0 spiro atoms. The van der Waals surface area contributed by atoms with Crippen LogP contribution in [0.1, 0.15) is 17.5 Å². The van der Waals surface area contributed by atoms with Gasteiger partial charge >= 0.3 is 0 Å². The summed E-state index contributed by atoms with van der Waals surface area (Å²) >= 11 is 6.58. The second-order valence-corrected chi connectivity index (χ2v) is 7.29. The topological polar surface area (TPSA) is 58.2 Å². The molecule has 2 aromatic rings. The van der Waals surface area contributed by atoms with E-state index in [-0.39, 0.29) is 37.0 Å². The van der Waals surface area contributed by atoms with E-state index in [1.54, 1.807) is 18.2 Å². The SMILES string of the molecule is Cc1cc(NC(=O)CNC(=O)CCc2ccc(Br)cc2F)ccc1Br. The van der Waals surface area contributed by atoms with Crippen LogP contribution in [0.25, 0.3) is 0 Å². The first-order chi connectivity index (χ1) is 11.8. The van der Waals surface area contributed by atoms with E-state index in [1.807, 2.05) is 19.1 Å². The maximum atomic E-state index is 13.7. The highest BCUT2D eigenvalue weighted by molar-refractivity contribution is 9.10. The molecule has 132 valence electrons. The summed E-state index contributed by atoms with van der Waals surface area (Å²) < 4.78 is 15.3. The van der Waals surface area contributed by atoms with Crippen LogP contribution in [0, 0.1) is 12.7 Å². The molecule has 0 aliphatic carbocycles. The molecule has 0 aliphatic heterocycles. The van der Waals surface area contributed by atoms with E-state index < -0.39 is 0 Å². The van der Waals surface area contributed by atoms with Crippen LogP contribution in [0.5, 0.6) is 0 Å². The highest BCUT2D eigenvalue weighted by atomic mass is 79.9. The van der Waals surface area contributed by atoms with Crippen molar-refractivity contribution in [2.75, 3.05) is 11.9 Å². The molecule has 4 nitrogen and oxygen atoms in total. The van der Waals surface area contributed by atoms with Crippen LogP contribution < -0.4 is 10.6 Å². The van der Waals surface area contributed by atoms with Crippen molar-refractivity contribution in [1.29, 1.82) is 0 Å². The molecule has 0 heterocycles. The van der Waals surface area contributed by atoms with E-state index in [9.17, 15) is 14.0 Å². The molecule has 0 aromatic heterocycles. The fourth-order valence-corrected chi connectivity index (χ4v) is 2.75. The van der Waals surface area contributed by atoms with Gasteiger partial charge in [0, 0.05) is 21.1 Å². The molecule has 25 heavy (non-hydrogen) atoms. The number of aryl methyl sites for hydroxylation is 2. The van der Waals surface area contributed by atoms with Crippen molar-refractivity contribution >= 4 is 49.4 Å². The zero-order chi connectivity index (χ0) is 18.4. The van der Waals surface area contributed by atoms with E-state index in [4.69, 9.17) is 0 Å². The Hall–Kier alpha value is -1.73. The van der Waals surface area contributed by atoms with Crippen molar-refractivity contribution in [2.45, 2.75) is 19.8 Å². The van der Waals surface area contributed by atoms with Crippen LogP contribution in [0.15, 0.2) is 45.3 Å². The number of amides is 2. The number of halogens is 3. The van der Waals surface area contributed by atoms with E-state index in [2.05, 4.69) is 42.5 Å². The van der Waals surface area contributed by atoms with Gasteiger partial charge < -0.3 is 10.6 Å². The summed E-state index contributed by atoms with van der Waals surface area (Å²) in [6, 6.07) is 10.2. The highest BCUT2D eigenvalue weighted by Gasteiger charge is 2.09. The van der Waals surface area contributed by atoms with E-state index in [1.165, 1.54) is 6.07 Å². The van der Waals surface area contributed by atoms with Crippen molar-refractivity contribution in [3.8, 4) is 0 Å². The minimum absolute atomic E-state index is 0.114. The Balaban J connectivity index is 1.77. The first-order valence-electron chi connectivity index (χ1n) is 7.62. The first-order valence-corrected chi connectivity index (χ1v) is 9.20. The Labute approximate surface area is 162 Å². The summed E-state index contributed by atoms with van der Waals surface area (Å²) in [4.78, 5) is 23.7. The average Bonchev–Trinajstić information content (AvgIpc) is 2.55. The van der Waals surface area contributed by atoms with Gasteiger partial charge in [0.1, 0.15) is 5.82 Å². The van der Waals surface area contributed by atoms with E-state index in [0.717, 1.165) is 10.0 Å². The minimum Gasteiger partial charge on any atom is -0.347 e. The standard InChI is InChI=1S/C18H17Br2FN2O2/c1-11-8-14(5-6-15(11)20)23-18(25)10-22-17(24)7-3-12-2-4-13(19)9-16(12)21/h2,4-6,8-9H,3,7,10H2,1H3,(H,22,24)(H,23,25). The molecule has 0 bridgehead atoms. The van der Waals surface area contributed by atoms with Gasteiger partial charge in [0.05, 0.1) is 6.54 Å². The number of carbonyl (C=O) groups excluding carboxylic acids is 2. The van der Waals surface area contributed by atoms with Gasteiger partial charge in [0.25, 0.3) is 0 Å². The Bertz CT molecular complexity index is 797. The van der Waals surface area contributed by atoms with Crippen LogP contribution >= 0.6 is 31.9 Å². The zero-order valence-corrected chi connectivity index (χ0v) is 16.7. The predicted molar refractivity (Wildman–Crippen MR) is 103 cm³/mol. The van der Waals surface area contributed by atoms with Gasteiger partial charge in [-0.05, 0) is 54.8 Å². The Morgan fingerprint density at radius 1 is 1.08 bits per heavy atom. The Morgan fingerprint density at radius 3 is 2.52 bits per heavy atom. The molecule has 2 rings (SSSR count). The van der Waals surface area contributed by atoms with Gasteiger partial charge in [-0.25, -0.2) is 4.39 Å². The maximum absolute atomic E-state index is 13.7. The number of carbonyl (C=O) groups is 2. The van der Waals surface area contributed by atoms with Crippen molar-refractivity contribution in [1.82, 2.24) is 5.32 Å². The lowest BCUT2D eigenvalue weighted by atomic mass is 10.1. The molecule has 0 fully saturated rings. The van der Waals surface area contributed by atoms with Gasteiger partial charge in [0.15, 0.2) is 0 Å². The summed E-state index contributed by atoms with van der Waals surface area (Å²) in [6.45, 7) is 1.79. The molecular weight excluding hydrogens is 455 g/mol. The molecule has 2 aromatic carbocycles. The fraction of sp³-hybridized carbons (Fsp3) is 0.222. The number of hydrogen-bond acceptors (Lipinski definition) is 2. The van der Waals surface area contributed by atoms with Gasteiger partial charge in [-0.15, -0.1) is 0 Å². The summed E-state index contributed by atoms with van der Waals surface area (Å²) in [5.74, 6) is -0.972. The number of benzene rings is 2. The van der Waals surface area contributed by atoms with E-state index in [0.29, 0.717) is 15.7 Å². The molecule has 0 saturated heterocycles. The Morgan fingerprint density at radius 2 is 1.84 bits per heavy atom. The third-order valence-electron chi connectivity index (χ3n) is 3.52. The molecule has 7 heteroatoms. The first kappa shape index (κ1) is 19.6. The minimum atomic E-state index is -0.356. The maximum Gasteiger partial charge on any atom is 0.243 e. The normalized spacial score (nSPS) is 10.4.